The Hall–Kier alpha value is -2.88. The summed E-state index contributed by atoms with van der Waals surface area (Å²) in [5.41, 5.74) is 1.73. The number of aryl methyl sites for hydroxylation is 1. The zero-order valence-electron chi connectivity index (χ0n) is 12.2. The number of rotatable bonds is 3. The molecule has 0 aliphatic carbocycles. The van der Waals surface area contributed by atoms with Crippen LogP contribution in [0.15, 0.2) is 76.4 Å². The van der Waals surface area contributed by atoms with Gasteiger partial charge in [0, 0.05) is 11.8 Å². The van der Waals surface area contributed by atoms with Crippen LogP contribution in [0.3, 0.4) is 0 Å². The maximum Gasteiger partial charge on any atom is 0.329 e. The highest BCUT2D eigenvalue weighted by molar-refractivity contribution is 5.32. The lowest BCUT2D eigenvalue weighted by molar-refractivity contribution is 0.622. The van der Waals surface area contributed by atoms with Crippen LogP contribution in [-0.4, -0.2) is 9.55 Å². The Morgan fingerprint density at radius 3 is 1.86 bits per heavy atom. The second-order valence-corrected chi connectivity index (χ2v) is 5.20. The van der Waals surface area contributed by atoms with Crippen LogP contribution in [0.4, 0.5) is 0 Å². The molecule has 0 aliphatic rings. The van der Waals surface area contributed by atoms with Gasteiger partial charge in [0.1, 0.15) is 0 Å². The van der Waals surface area contributed by atoms with E-state index in [4.69, 9.17) is 0 Å². The monoisotopic (exact) mass is 292 g/mol. The van der Waals surface area contributed by atoms with Crippen molar-refractivity contribution in [2.24, 2.45) is 0 Å². The van der Waals surface area contributed by atoms with E-state index in [1.54, 1.807) is 17.7 Å². The lowest BCUT2D eigenvalue weighted by Crippen LogP contribution is -2.34. The smallest absolute Gasteiger partial charge is 0.289 e. The Morgan fingerprint density at radius 1 is 0.864 bits per heavy atom. The van der Waals surface area contributed by atoms with E-state index < -0.39 is 5.69 Å². The summed E-state index contributed by atoms with van der Waals surface area (Å²) < 4.78 is 1.57. The molecular weight excluding hydrogens is 276 g/mol. The maximum absolute atomic E-state index is 12.3. The Kier molecular flexibility index (Phi) is 3.74. The van der Waals surface area contributed by atoms with Crippen molar-refractivity contribution in [1.29, 1.82) is 0 Å². The fourth-order valence-electron chi connectivity index (χ4n) is 2.56. The van der Waals surface area contributed by atoms with Crippen molar-refractivity contribution in [2.75, 3.05) is 0 Å². The Balaban J connectivity index is 2.26. The molecule has 3 rings (SSSR count). The minimum absolute atomic E-state index is 0.273. The molecule has 0 radical (unpaired) electrons. The van der Waals surface area contributed by atoms with Crippen LogP contribution in [0.1, 0.15) is 22.7 Å². The van der Waals surface area contributed by atoms with Crippen molar-refractivity contribution >= 4 is 0 Å². The van der Waals surface area contributed by atoms with Crippen LogP contribution in [-0.2, 0) is 0 Å². The lowest BCUT2D eigenvalue weighted by Gasteiger charge is -2.21. The van der Waals surface area contributed by atoms with E-state index in [9.17, 15) is 9.59 Å². The van der Waals surface area contributed by atoms with Gasteiger partial charge >= 0.3 is 5.69 Å². The average Bonchev–Trinajstić information content (AvgIpc) is 2.55. The molecule has 1 aromatic heterocycles. The second kappa shape index (κ2) is 5.85. The van der Waals surface area contributed by atoms with Gasteiger partial charge in [-0.25, -0.2) is 4.79 Å². The SMILES string of the molecule is Cc1cn(C(c2ccccc2)c2ccccc2)c(=O)[nH]c1=O. The van der Waals surface area contributed by atoms with Crippen LogP contribution in [0.25, 0.3) is 0 Å². The first-order chi connectivity index (χ1) is 10.7. The summed E-state index contributed by atoms with van der Waals surface area (Å²) in [6.45, 7) is 1.70. The van der Waals surface area contributed by atoms with Gasteiger partial charge < -0.3 is 0 Å². The summed E-state index contributed by atoms with van der Waals surface area (Å²) in [4.78, 5) is 26.3. The Bertz CT molecular complexity index is 841. The number of hydrogen-bond donors (Lipinski definition) is 1. The third kappa shape index (κ3) is 2.63. The molecule has 0 atom stereocenters. The minimum Gasteiger partial charge on any atom is -0.289 e. The normalized spacial score (nSPS) is 10.8. The number of nitrogens with zero attached hydrogens (tertiary/aromatic N) is 1. The molecular formula is C18H16N2O2. The van der Waals surface area contributed by atoms with Crippen LogP contribution >= 0.6 is 0 Å². The zero-order chi connectivity index (χ0) is 15.5. The fourth-order valence-corrected chi connectivity index (χ4v) is 2.56. The summed E-state index contributed by atoms with van der Waals surface area (Å²) in [5.74, 6) is 0. The molecule has 0 saturated heterocycles. The van der Waals surface area contributed by atoms with E-state index in [0.717, 1.165) is 11.1 Å². The summed E-state index contributed by atoms with van der Waals surface area (Å²) in [5, 5.41) is 0. The molecule has 0 bridgehead atoms. The van der Waals surface area contributed by atoms with Gasteiger partial charge in [0.05, 0.1) is 6.04 Å². The number of H-pyrrole nitrogens is 1. The summed E-state index contributed by atoms with van der Waals surface area (Å²) in [6, 6.07) is 19.3. The molecule has 3 aromatic rings. The molecule has 0 fully saturated rings. The first-order valence-electron chi connectivity index (χ1n) is 7.09. The van der Waals surface area contributed by atoms with Gasteiger partial charge in [0.2, 0.25) is 0 Å². The highest BCUT2D eigenvalue weighted by atomic mass is 16.2. The van der Waals surface area contributed by atoms with Crippen molar-refractivity contribution in [2.45, 2.75) is 13.0 Å². The van der Waals surface area contributed by atoms with Gasteiger partial charge in [0.15, 0.2) is 0 Å². The number of hydrogen-bond acceptors (Lipinski definition) is 2. The molecule has 22 heavy (non-hydrogen) atoms. The number of nitrogens with one attached hydrogen (secondary N) is 1. The summed E-state index contributed by atoms with van der Waals surface area (Å²) >= 11 is 0. The molecule has 4 nitrogen and oxygen atoms in total. The zero-order valence-corrected chi connectivity index (χ0v) is 12.2. The average molecular weight is 292 g/mol. The van der Waals surface area contributed by atoms with E-state index in [-0.39, 0.29) is 11.6 Å². The van der Waals surface area contributed by atoms with Crippen LogP contribution < -0.4 is 11.2 Å². The molecule has 0 saturated carbocycles. The molecule has 1 heterocycles. The van der Waals surface area contributed by atoms with E-state index in [1.807, 2.05) is 60.7 Å². The van der Waals surface area contributed by atoms with E-state index in [1.165, 1.54) is 0 Å². The first kappa shape index (κ1) is 14.1. The molecule has 110 valence electrons. The molecule has 2 aromatic carbocycles. The molecule has 0 unspecified atom stereocenters. The van der Waals surface area contributed by atoms with Gasteiger partial charge in [-0.05, 0) is 18.1 Å². The summed E-state index contributed by atoms with van der Waals surface area (Å²) in [6.07, 6.45) is 1.62. The van der Waals surface area contributed by atoms with Crippen LogP contribution in [0.5, 0.6) is 0 Å². The highest BCUT2D eigenvalue weighted by Crippen LogP contribution is 2.24. The predicted octanol–water partition coefficient (Wildman–Crippen LogP) is 2.48. The van der Waals surface area contributed by atoms with E-state index in [2.05, 4.69) is 4.98 Å². The molecule has 0 aliphatic heterocycles. The van der Waals surface area contributed by atoms with Gasteiger partial charge in [-0.1, -0.05) is 60.7 Å². The summed E-state index contributed by atoms with van der Waals surface area (Å²) in [7, 11) is 0. The maximum atomic E-state index is 12.3. The lowest BCUT2D eigenvalue weighted by atomic mass is 9.98. The molecule has 0 amide bonds. The van der Waals surface area contributed by atoms with Crippen molar-refractivity contribution in [3.8, 4) is 0 Å². The third-order valence-corrected chi connectivity index (χ3v) is 3.65. The molecule has 1 N–H and O–H groups in total. The van der Waals surface area contributed by atoms with Crippen LogP contribution in [0, 0.1) is 6.92 Å². The second-order valence-electron chi connectivity index (χ2n) is 5.20. The van der Waals surface area contributed by atoms with Crippen molar-refractivity contribution in [1.82, 2.24) is 9.55 Å². The molecule has 0 spiro atoms. The van der Waals surface area contributed by atoms with Crippen LogP contribution in [0.2, 0.25) is 0 Å². The predicted molar refractivity (Wildman–Crippen MR) is 86.2 cm³/mol. The highest BCUT2D eigenvalue weighted by Gasteiger charge is 2.18. The standard InChI is InChI=1S/C18H16N2O2/c1-13-12-20(18(22)19-17(13)21)16(14-8-4-2-5-9-14)15-10-6-3-7-11-15/h2-12,16H,1H3,(H,19,21,22). The van der Waals surface area contributed by atoms with Crippen molar-refractivity contribution < 1.29 is 0 Å². The Labute approximate surface area is 127 Å². The van der Waals surface area contributed by atoms with Gasteiger partial charge in [0.25, 0.3) is 5.56 Å². The Morgan fingerprint density at radius 2 is 1.36 bits per heavy atom. The van der Waals surface area contributed by atoms with Crippen molar-refractivity contribution in [3.05, 3.63) is 104 Å². The first-order valence-corrected chi connectivity index (χ1v) is 7.09. The van der Waals surface area contributed by atoms with E-state index >= 15 is 0 Å². The number of aromatic amines is 1. The number of benzene rings is 2. The molecule has 4 heteroatoms. The fraction of sp³-hybridized carbons (Fsp3) is 0.111. The quantitative estimate of drug-likeness (QED) is 0.806. The third-order valence-electron chi connectivity index (χ3n) is 3.65. The van der Waals surface area contributed by atoms with Gasteiger partial charge in [-0.3, -0.25) is 14.3 Å². The number of aromatic nitrogens is 2. The largest absolute Gasteiger partial charge is 0.329 e. The van der Waals surface area contributed by atoms with Crippen molar-refractivity contribution in [3.63, 3.8) is 0 Å². The van der Waals surface area contributed by atoms with Gasteiger partial charge in [-0.15, -0.1) is 0 Å². The topological polar surface area (TPSA) is 54.9 Å². The van der Waals surface area contributed by atoms with Gasteiger partial charge in [-0.2, -0.15) is 0 Å². The van der Waals surface area contributed by atoms with E-state index in [0.29, 0.717) is 5.56 Å². The minimum atomic E-state index is -0.409.